The molecule has 3 rings (SSSR count). The standard InChI is InChI=1S/C19H23F3N4O5/c1-18(2,3)31-17(29)25-6-4-11(5-7-25)13-8-14(27)24-15-12(9-23-26(13)15)16(28)30-10-19(20,21)22/h8-9,11H,4-7,10H2,1-3H3,(H,24,27). The van der Waals surface area contributed by atoms with Gasteiger partial charge in [0.05, 0.1) is 11.9 Å². The average molecular weight is 444 g/mol. The number of carbonyl (C=O) groups is 2. The van der Waals surface area contributed by atoms with Crippen LogP contribution in [0.1, 0.15) is 55.6 Å². The van der Waals surface area contributed by atoms with E-state index < -0.39 is 36.0 Å². The van der Waals surface area contributed by atoms with E-state index in [0.717, 1.165) is 6.20 Å². The van der Waals surface area contributed by atoms with E-state index in [2.05, 4.69) is 14.8 Å². The van der Waals surface area contributed by atoms with Crippen molar-refractivity contribution < 1.29 is 32.2 Å². The fraction of sp³-hybridized carbons (Fsp3) is 0.579. The number of H-pyrrole nitrogens is 1. The molecule has 1 N–H and O–H groups in total. The summed E-state index contributed by atoms with van der Waals surface area (Å²) >= 11 is 0. The van der Waals surface area contributed by atoms with Gasteiger partial charge in [-0.05, 0) is 33.6 Å². The van der Waals surface area contributed by atoms with E-state index in [1.807, 2.05) is 0 Å². The van der Waals surface area contributed by atoms with Crippen molar-refractivity contribution in [1.82, 2.24) is 19.5 Å². The van der Waals surface area contributed by atoms with Crippen LogP contribution in [0.2, 0.25) is 0 Å². The molecule has 0 spiro atoms. The van der Waals surface area contributed by atoms with Gasteiger partial charge < -0.3 is 19.4 Å². The predicted molar refractivity (Wildman–Crippen MR) is 102 cm³/mol. The number of likely N-dealkylation sites (tertiary alicyclic amines) is 1. The molecule has 0 saturated carbocycles. The summed E-state index contributed by atoms with van der Waals surface area (Å²) in [6.07, 6.45) is -2.99. The summed E-state index contributed by atoms with van der Waals surface area (Å²) in [5, 5.41) is 4.06. The van der Waals surface area contributed by atoms with Crippen molar-refractivity contribution in [3.63, 3.8) is 0 Å². The van der Waals surface area contributed by atoms with Crippen molar-refractivity contribution in [2.45, 2.75) is 51.3 Å². The lowest BCUT2D eigenvalue weighted by atomic mass is 9.93. The molecule has 1 amide bonds. The van der Waals surface area contributed by atoms with Gasteiger partial charge in [0.1, 0.15) is 11.2 Å². The van der Waals surface area contributed by atoms with Crippen molar-refractivity contribution >= 4 is 17.7 Å². The van der Waals surface area contributed by atoms with Crippen LogP contribution in [-0.4, -0.2) is 63.0 Å². The predicted octanol–water partition coefficient (Wildman–Crippen LogP) is 2.86. The first kappa shape index (κ1) is 22.6. The molecular formula is C19H23F3N4O5. The van der Waals surface area contributed by atoms with Gasteiger partial charge in [-0.1, -0.05) is 0 Å². The molecule has 0 unspecified atom stereocenters. The van der Waals surface area contributed by atoms with Gasteiger partial charge in [-0.15, -0.1) is 0 Å². The number of ether oxygens (including phenoxy) is 2. The summed E-state index contributed by atoms with van der Waals surface area (Å²) in [7, 11) is 0. The smallest absolute Gasteiger partial charge is 0.422 e. The minimum Gasteiger partial charge on any atom is -0.452 e. The van der Waals surface area contributed by atoms with E-state index >= 15 is 0 Å². The Balaban J connectivity index is 1.78. The molecule has 0 radical (unpaired) electrons. The molecule has 1 fully saturated rings. The van der Waals surface area contributed by atoms with Crippen molar-refractivity contribution in [3.8, 4) is 0 Å². The Morgan fingerprint density at radius 2 is 1.87 bits per heavy atom. The van der Waals surface area contributed by atoms with Crippen LogP contribution in [0, 0.1) is 0 Å². The van der Waals surface area contributed by atoms with Crippen molar-refractivity contribution in [3.05, 3.63) is 33.9 Å². The molecule has 2 aromatic heterocycles. The van der Waals surface area contributed by atoms with Crippen molar-refractivity contribution in [2.24, 2.45) is 0 Å². The highest BCUT2D eigenvalue weighted by atomic mass is 19.4. The van der Waals surface area contributed by atoms with Gasteiger partial charge >= 0.3 is 18.2 Å². The molecule has 0 aromatic carbocycles. The number of carbonyl (C=O) groups excluding carboxylic acids is 2. The maximum Gasteiger partial charge on any atom is 0.422 e. The van der Waals surface area contributed by atoms with Gasteiger partial charge in [0, 0.05) is 25.1 Å². The van der Waals surface area contributed by atoms with Gasteiger partial charge in [0.15, 0.2) is 12.3 Å². The molecule has 0 aliphatic carbocycles. The normalized spacial score (nSPS) is 15.9. The summed E-state index contributed by atoms with van der Waals surface area (Å²) in [4.78, 5) is 40.4. The number of halogens is 3. The quantitative estimate of drug-likeness (QED) is 0.730. The van der Waals surface area contributed by atoms with Crippen LogP contribution in [0.3, 0.4) is 0 Å². The van der Waals surface area contributed by atoms with Crippen LogP contribution in [0.4, 0.5) is 18.0 Å². The highest BCUT2D eigenvalue weighted by Gasteiger charge is 2.32. The third-order valence-electron chi connectivity index (χ3n) is 4.69. The Morgan fingerprint density at radius 3 is 2.45 bits per heavy atom. The Kier molecular flexibility index (Phi) is 6.01. The first-order chi connectivity index (χ1) is 14.3. The molecule has 3 heterocycles. The largest absolute Gasteiger partial charge is 0.452 e. The number of fused-ring (bicyclic) bond motifs is 1. The zero-order valence-electron chi connectivity index (χ0n) is 17.3. The van der Waals surface area contributed by atoms with Gasteiger partial charge in [-0.3, -0.25) is 4.79 Å². The van der Waals surface area contributed by atoms with E-state index in [0.29, 0.717) is 31.6 Å². The zero-order valence-corrected chi connectivity index (χ0v) is 17.3. The van der Waals surface area contributed by atoms with Crippen LogP contribution >= 0.6 is 0 Å². The second-order valence-corrected chi connectivity index (χ2v) is 8.31. The number of amides is 1. The number of piperidine rings is 1. The highest BCUT2D eigenvalue weighted by Crippen LogP contribution is 2.29. The number of hydrogen-bond donors (Lipinski definition) is 1. The Labute approximate surface area is 175 Å². The Bertz CT molecular complexity index is 1030. The molecule has 170 valence electrons. The number of alkyl halides is 3. The number of aromatic amines is 1. The van der Waals surface area contributed by atoms with E-state index in [1.54, 1.807) is 25.7 Å². The lowest BCUT2D eigenvalue weighted by Crippen LogP contribution is -2.41. The number of esters is 1. The van der Waals surface area contributed by atoms with Crippen LogP contribution in [0.25, 0.3) is 5.65 Å². The first-order valence-corrected chi connectivity index (χ1v) is 9.67. The summed E-state index contributed by atoms with van der Waals surface area (Å²) in [6, 6.07) is 1.33. The van der Waals surface area contributed by atoms with Gasteiger partial charge in [0.2, 0.25) is 0 Å². The molecule has 1 aliphatic heterocycles. The summed E-state index contributed by atoms with van der Waals surface area (Å²) < 4.78 is 47.9. The molecule has 9 nitrogen and oxygen atoms in total. The lowest BCUT2D eigenvalue weighted by molar-refractivity contribution is -0.161. The molecule has 1 aliphatic rings. The third kappa shape index (κ3) is 5.56. The minimum absolute atomic E-state index is 0.0377. The third-order valence-corrected chi connectivity index (χ3v) is 4.69. The van der Waals surface area contributed by atoms with E-state index in [-0.39, 0.29) is 17.1 Å². The summed E-state index contributed by atoms with van der Waals surface area (Å²) in [5.41, 5.74) is -0.947. The average Bonchev–Trinajstić information content (AvgIpc) is 3.07. The van der Waals surface area contributed by atoms with Crippen LogP contribution < -0.4 is 5.56 Å². The highest BCUT2D eigenvalue weighted by molar-refractivity contribution is 5.95. The van der Waals surface area contributed by atoms with E-state index in [1.165, 1.54) is 10.6 Å². The van der Waals surface area contributed by atoms with Crippen LogP contribution in [0.15, 0.2) is 17.1 Å². The SMILES string of the molecule is CC(C)(C)OC(=O)N1CCC(c2cc(=O)[nH]c3c(C(=O)OCC(F)(F)F)cnn23)CC1. The molecule has 1 saturated heterocycles. The second kappa shape index (κ2) is 8.23. The van der Waals surface area contributed by atoms with Crippen LogP contribution in [0.5, 0.6) is 0 Å². The molecular weight excluding hydrogens is 421 g/mol. The van der Waals surface area contributed by atoms with Crippen molar-refractivity contribution in [2.75, 3.05) is 19.7 Å². The molecule has 12 heteroatoms. The first-order valence-electron chi connectivity index (χ1n) is 9.67. The molecule has 0 bridgehead atoms. The molecule has 0 atom stereocenters. The van der Waals surface area contributed by atoms with Gasteiger partial charge in [-0.2, -0.15) is 18.3 Å². The monoisotopic (exact) mass is 444 g/mol. The van der Waals surface area contributed by atoms with Gasteiger partial charge in [0.25, 0.3) is 5.56 Å². The Hall–Kier alpha value is -3.05. The fourth-order valence-corrected chi connectivity index (χ4v) is 3.36. The zero-order chi connectivity index (χ0) is 23.0. The number of aromatic nitrogens is 3. The second-order valence-electron chi connectivity index (χ2n) is 8.31. The topological polar surface area (TPSA) is 106 Å². The maximum atomic E-state index is 12.3. The summed E-state index contributed by atoms with van der Waals surface area (Å²) in [6.45, 7) is 4.39. The van der Waals surface area contributed by atoms with Crippen LogP contribution in [-0.2, 0) is 9.47 Å². The summed E-state index contributed by atoms with van der Waals surface area (Å²) in [5.74, 6) is -1.39. The maximum absolute atomic E-state index is 12.3. The number of rotatable bonds is 3. The number of nitrogens with one attached hydrogen (secondary N) is 1. The lowest BCUT2D eigenvalue weighted by Gasteiger charge is -2.33. The van der Waals surface area contributed by atoms with E-state index in [9.17, 15) is 27.6 Å². The van der Waals surface area contributed by atoms with Crippen molar-refractivity contribution in [1.29, 1.82) is 0 Å². The fourth-order valence-electron chi connectivity index (χ4n) is 3.36. The number of hydrogen-bond acceptors (Lipinski definition) is 6. The molecule has 31 heavy (non-hydrogen) atoms. The molecule has 2 aromatic rings. The van der Waals surface area contributed by atoms with Gasteiger partial charge in [-0.25, -0.2) is 14.1 Å². The van der Waals surface area contributed by atoms with E-state index in [4.69, 9.17) is 4.74 Å². The minimum atomic E-state index is -4.67. The number of nitrogens with zero attached hydrogens (tertiary/aromatic N) is 3. The Morgan fingerprint density at radius 1 is 1.23 bits per heavy atom.